The number of aryl methyl sites for hydroxylation is 2. The number of likely N-dealkylation sites (N-methyl/N-ethyl adjacent to an activating group) is 1. The van der Waals surface area contributed by atoms with Crippen molar-refractivity contribution in [3.8, 4) is 0 Å². The second kappa shape index (κ2) is 10.5. The van der Waals surface area contributed by atoms with E-state index in [0.29, 0.717) is 13.0 Å². The summed E-state index contributed by atoms with van der Waals surface area (Å²) in [6.07, 6.45) is 2.04. The number of carbonyl (C=O) groups is 1. The van der Waals surface area contributed by atoms with E-state index in [9.17, 15) is 9.18 Å². The van der Waals surface area contributed by atoms with Crippen LogP contribution < -0.4 is 5.32 Å². The molecule has 1 aliphatic rings. The third-order valence-electron chi connectivity index (χ3n) is 5.72. The summed E-state index contributed by atoms with van der Waals surface area (Å²) < 4.78 is 13.0. The summed E-state index contributed by atoms with van der Waals surface area (Å²) in [4.78, 5) is 17.2. The van der Waals surface area contributed by atoms with Crippen LogP contribution in [0.15, 0.2) is 48.5 Å². The van der Waals surface area contributed by atoms with Gasteiger partial charge in [0.1, 0.15) is 5.82 Å². The lowest BCUT2D eigenvalue weighted by Crippen LogP contribution is -2.48. The lowest BCUT2D eigenvalue weighted by molar-refractivity contribution is -0.121. The molecule has 4 nitrogen and oxygen atoms in total. The van der Waals surface area contributed by atoms with Crippen molar-refractivity contribution in [3.05, 3.63) is 71.0 Å². The highest BCUT2D eigenvalue weighted by Gasteiger charge is 2.24. The van der Waals surface area contributed by atoms with Gasteiger partial charge in [-0.15, -0.1) is 0 Å². The Morgan fingerprint density at radius 2 is 1.69 bits per heavy atom. The van der Waals surface area contributed by atoms with E-state index < -0.39 is 0 Å². The summed E-state index contributed by atoms with van der Waals surface area (Å²) in [5.74, 6) is -0.143. The van der Waals surface area contributed by atoms with Gasteiger partial charge in [-0.05, 0) is 50.1 Å². The molecular weight excluding hydrogens is 365 g/mol. The lowest BCUT2D eigenvalue weighted by atomic mass is 10.0. The van der Waals surface area contributed by atoms with E-state index in [1.165, 1.54) is 23.3 Å². The highest BCUT2D eigenvalue weighted by atomic mass is 19.1. The van der Waals surface area contributed by atoms with E-state index in [0.717, 1.165) is 44.6 Å². The van der Waals surface area contributed by atoms with Gasteiger partial charge in [0.25, 0.3) is 0 Å². The molecule has 5 heteroatoms. The maximum absolute atomic E-state index is 13.0. The van der Waals surface area contributed by atoms with Crippen LogP contribution in [0, 0.1) is 12.7 Å². The minimum Gasteiger partial charge on any atom is -0.354 e. The molecule has 0 spiro atoms. The van der Waals surface area contributed by atoms with Crippen LogP contribution in [-0.2, 0) is 11.2 Å². The first-order valence-electron chi connectivity index (χ1n) is 10.5. The molecule has 1 unspecified atom stereocenters. The molecule has 156 valence electrons. The predicted octanol–water partition coefficient (Wildman–Crippen LogP) is 3.56. The molecule has 1 heterocycles. The van der Waals surface area contributed by atoms with Crippen molar-refractivity contribution < 1.29 is 9.18 Å². The number of hydrogen-bond acceptors (Lipinski definition) is 3. The van der Waals surface area contributed by atoms with Crippen molar-refractivity contribution in [2.24, 2.45) is 0 Å². The standard InChI is InChI=1S/C24H32FN3O/c1-19-6-10-21(11-7-19)23(28-16-14-27(2)15-17-28)18-26-24(29)5-3-4-20-8-12-22(25)13-9-20/h6-13,23H,3-5,14-18H2,1-2H3,(H,26,29). The van der Waals surface area contributed by atoms with Crippen molar-refractivity contribution in [3.63, 3.8) is 0 Å². The summed E-state index contributed by atoms with van der Waals surface area (Å²) in [5, 5.41) is 3.15. The summed E-state index contributed by atoms with van der Waals surface area (Å²) >= 11 is 0. The first-order chi connectivity index (χ1) is 14.0. The molecule has 3 rings (SSSR count). The highest BCUT2D eigenvalue weighted by molar-refractivity contribution is 5.75. The number of hydrogen-bond donors (Lipinski definition) is 1. The first-order valence-corrected chi connectivity index (χ1v) is 10.5. The zero-order valence-corrected chi connectivity index (χ0v) is 17.5. The fourth-order valence-electron chi connectivity index (χ4n) is 3.78. The third-order valence-corrected chi connectivity index (χ3v) is 5.72. The summed E-state index contributed by atoms with van der Waals surface area (Å²) in [6.45, 7) is 6.84. The Hall–Kier alpha value is -2.24. The smallest absolute Gasteiger partial charge is 0.220 e. The maximum Gasteiger partial charge on any atom is 0.220 e. The number of rotatable bonds is 8. The fraction of sp³-hybridized carbons (Fsp3) is 0.458. The molecule has 0 saturated carbocycles. The Bertz CT molecular complexity index is 768. The van der Waals surface area contributed by atoms with E-state index in [-0.39, 0.29) is 17.8 Å². The van der Waals surface area contributed by atoms with Crippen molar-refractivity contribution in [1.29, 1.82) is 0 Å². The van der Waals surface area contributed by atoms with Gasteiger partial charge in [0.05, 0.1) is 6.04 Å². The van der Waals surface area contributed by atoms with Crippen LogP contribution in [0.1, 0.15) is 35.6 Å². The summed E-state index contributed by atoms with van der Waals surface area (Å²) in [7, 11) is 2.15. The zero-order chi connectivity index (χ0) is 20.6. The average Bonchev–Trinajstić information content (AvgIpc) is 2.72. The number of halogens is 1. The molecular formula is C24H32FN3O. The first kappa shape index (κ1) is 21.5. The van der Waals surface area contributed by atoms with Crippen molar-refractivity contribution >= 4 is 5.91 Å². The van der Waals surface area contributed by atoms with E-state index in [1.54, 1.807) is 12.1 Å². The van der Waals surface area contributed by atoms with Crippen molar-refractivity contribution in [1.82, 2.24) is 15.1 Å². The van der Waals surface area contributed by atoms with Crippen LogP contribution in [0.3, 0.4) is 0 Å². The Morgan fingerprint density at radius 1 is 1.03 bits per heavy atom. The predicted molar refractivity (Wildman–Crippen MR) is 115 cm³/mol. The van der Waals surface area contributed by atoms with Crippen LogP contribution in [0.2, 0.25) is 0 Å². The molecule has 1 aliphatic heterocycles. The minimum absolute atomic E-state index is 0.0818. The Kier molecular flexibility index (Phi) is 7.78. The number of benzene rings is 2. The van der Waals surface area contributed by atoms with Gasteiger partial charge in [0.2, 0.25) is 5.91 Å². The largest absolute Gasteiger partial charge is 0.354 e. The molecule has 1 saturated heterocycles. The molecule has 1 amide bonds. The molecule has 0 bridgehead atoms. The fourth-order valence-corrected chi connectivity index (χ4v) is 3.78. The van der Waals surface area contributed by atoms with E-state index in [2.05, 4.69) is 53.4 Å². The lowest BCUT2D eigenvalue weighted by Gasteiger charge is -2.38. The van der Waals surface area contributed by atoms with Gasteiger partial charge < -0.3 is 10.2 Å². The van der Waals surface area contributed by atoms with Gasteiger partial charge >= 0.3 is 0 Å². The number of amides is 1. The van der Waals surface area contributed by atoms with Crippen molar-refractivity contribution in [2.45, 2.75) is 32.2 Å². The zero-order valence-electron chi connectivity index (χ0n) is 17.5. The summed E-state index contributed by atoms with van der Waals surface area (Å²) in [5.41, 5.74) is 3.57. The monoisotopic (exact) mass is 397 g/mol. The van der Waals surface area contributed by atoms with Crippen LogP contribution in [-0.4, -0.2) is 55.5 Å². The topological polar surface area (TPSA) is 35.6 Å². The van der Waals surface area contributed by atoms with Crippen LogP contribution in [0.25, 0.3) is 0 Å². The van der Waals surface area contributed by atoms with Gasteiger partial charge in [-0.25, -0.2) is 4.39 Å². The molecule has 0 aromatic heterocycles. The molecule has 0 aliphatic carbocycles. The van der Waals surface area contributed by atoms with E-state index in [4.69, 9.17) is 0 Å². The molecule has 1 fully saturated rings. The molecule has 29 heavy (non-hydrogen) atoms. The normalized spacial score (nSPS) is 16.5. The van der Waals surface area contributed by atoms with Crippen LogP contribution >= 0.6 is 0 Å². The van der Waals surface area contributed by atoms with Gasteiger partial charge in [-0.2, -0.15) is 0 Å². The SMILES string of the molecule is Cc1ccc(C(CNC(=O)CCCc2ccc(F)cc2)N2CCN(C)CC2)cc1. The number of nitrogens with one attached hydrogen (secondary N) is 1. The Labute approximate surface area is 173 Å². The second-order valence-electron chi connectivity index (χ2n) is 8.05. The Balaban J connectivity index is 1.52. The molecule has 2 aromatic rings. The van der Waals surface area contributed by atoms with Crippen LogP contribution in [0.5, 0.6) is 0 Å². The molecule has 0 radical (unpaired) electrons. The number of carbonyl (C=O) groups excluding carboxylic acids is 1. The third kappa shape index (κ3) is 6.65. The Morgan fingerprint density at radius 3 is 2.34 bits per heavy atom. The average molecular weight is 398 g/mol. The minimum atomic E-state index is -0.224. The van der Waals surface area contributed by atoms with Crippen LogP contribution in [0.4, 0.5) is 4.39 Å². The van der Waals surface area contributed by atoms with Gasteiger partial charge in [-0.1, -0.05) is 42.0 Å². The number of piperazine rings is 1. The second-order valence-corrected chi connectivity index (χ2v) is 8.05. The van der Waals surface area contributed by atoms with Gasteiger partial charge in [0, 0.05) is 39.1 Å². The quantitative estimate of drug-likeness (QED) is 0.740. The number of nitrogens with zero attached hydrogens (tertiary/aromatic N) is 2. The molecule has 2 aromatic carbocycles. The van der Waals surface area contributed by atoms with Gasteiger partial charge in [-0.3, -0.25) is 9.69 Å². The summed E-state index contributed by atoms with van der Waals surface area (Å²) in [6, 6.07) is 15.4. The molecule has 1 atom stereocenters. The highest BCUT2D eigenvalue weighted by Crippen LogP contribution is 2.22. The molecule has 1 N–H and O–H groups in total. The van der Waals surface area contributed by atoms with Crippen molar-refractivity contribution in [2.75, 3.05) is 39.8 Å². The maximum atomic E-state index is 13.0. The van der Waals surface area contributed by atoms with E-state index in [1.807, 2.05) is 0 Å². The van der Waals surface area contributed by atoms with E-state index >= 15 is 0 Å². The van der Waals surface area contributed by atoms with Gasteiger partial charge in [0.15, 0.2) is 0 Å².